The molecule has 2 heterocycles. The molecule has 0 spiro atoms. The standard InChI is InChI=1S/C20H16N2O2/c23-20(19-12-7-13-24-19)22-18(16-10-5-2-6-11-16)14-17(21-22)15-8-3-1-4-9-15/h1-13,18H,14H2/t18-/m1/s1. The Bertz CT molecular complexity index is 855. The van der Waals surface area contributed by atoms with E-state index in [1.807, 2.05) is 60.7 Å². The van der Waals surface area contributed by atoms with Gasteiger partial charge in [0.1, 0.15) is 0 Å². The summed E-state index contributed by atoms with van der Waals surface area (Å²) in [5.41, 5.74) is 3.00. The lowest BCUT2D eigenvalue weighted by molar-refractivity contribution is 0.0678. The third-order valence-electron chi connectivity index (χ3n) is 4.14. The van der Waals surface area contributed by atoms with Crippen LogP contribution in [0.25, 0.3) is 0 Å². The number of nitrogens with zero attached hydrogens (tertiary/aromatic N) is 2. The van der Waals surface area contributed by atoms with Gasteiger partial charge in [0.05, 0.1) is 18.0 Å². The fourth-order valence-corrected chi connectivity index (χ4v) is 2.95. The van der Waals surface area contributed by atoms with Crippen LogP contribution in [0.3, 0.4) is 0 Å². The molecule has 4 nitrogen and oxygen atoms in total. The molecular formula is C20H16N2O2. The number of amides is 1. The van der Waals surface area contributed by atoms with Crippen LogP contribution in [0.5, 0.6) is 0 Å². The van der Waals surface area contributed by atoms with E-state index < -0.39 is 0 Å². The molecule has 1 aromatic heterocycles. The minimum atomic E-state index is -0.222. The molecule has 0 saturated carbocycles. The van der Waals surface area contributed by atoms with Crippen molar-refractivity contribution in [3.8, 4) is 0 Å². The Labute approximate surface area is 140 Å². The fraction of sp³-hybridized carbons (Fsp3) is 0.100. The fourth-order valence-electron chi connectivity index (χ4n) is 2.95. The summed E-state index contributed by atoms with van der Waals surface area (Å²) in [4.78, 5) is 12.8. The molecule has 0 fully saturated rings. The number of carbonyl (C=O) groups excluding carboxylic acids is 1. The van der Waals surface area contributed by atoms with E-state index in [4.69, 9.17) is 4.42 Å². The first kappa shape index (κ1) is 14.5. The van der Waals surface area contributed by atoms with Crippen molar-refractivity contribution in [1.82, 2.24) is 5.01 Å². The summed E-state index contributed by atoms with van der Waals surface area (Å²) < 4.78 is 5.27. The smallest absolute Gasteiger partial charge is 0.310 e. The van der Waals surface area contributed by atoms with Gasteiger partial charge in [0.15, 0.2) is 5.76 Å². The molecule has 0 aliphatic carbocycles. The Morgan fingerprint density at radius 1 is 0.958 bits per heavy atom. The zero-order valence-electron chi connectivity index (χ0n) is 13.0. The molecule has 4 rings (SSSR count). The van der Waals surface area contributed by atoms with Gasteiger partial charge in [0, 0.05) is 6.42 Å². The van der Waals surface area contributed by atoms with Crippen molar-refractivity contribution >= 4 is 11.6 Å². The van der Waals surface area contributed by atoms with Crippen molar-refractivity contribution < 1.29 is 9.21 Å². The highest BCUT2D eigenvalue weighted by atomic mass is 16.3. The lowest BCUT2D eigenvalue weighted by atomic mass is 9.98. The lowest BCUT2D eigenvalue weighted by Crippen LogP contribution is -2.26. The average Bonchev–Trinajstić information content (AvgIpc) is 3.33. The molecule has 0 unspecified atom stereocenters. The molecule has 118 valence electrons. The maximum absolute atomic E-state index is 12.8. The number of benzene rings is 2. The Balaban J connectivity index is 1.73. The van der Waals surface area contributed by atoms with E-state index in [0.29, 0.717) is 12.2 Å². The van der Waals surface area contributed by atoms with Crippen LogP contribution >= 0.6 is 0 Å². The highest BCUT2D eigenvalue weighted by molar-refractivity contribution is 6.04. The van der Waals surface area contributed by atoms with Gasteiger partial charge in [-0.1, -0.05) is 60.7 Å². The molecule has 1 atom stereocenters. The molecule has 0 bridgehead atoms. The summed E-state index contributed by atoms with van der Waals surface area (Å²) in [6.45, 7) is 0. The number of furan rings is 1. The van der Waals surface area contributed by atoms with Gasteiger partial charge in [-0.15, -0.1) is 0 Å². The van der Waals surface area contributed by atoms with E-state index in [1.165, 1.54) is 11.3 Å². The Kier molecular flexibility index (Phi) is 3.71. The first-order valence-electron chi connectivity index (χ1n) is 7.88. The summed E-state index contributed by atoms with van der Waals surface area (Å²) in [6.07, 6.45) is 2.18. The molecule has 24 heavy (non-hydrogen) atoms. The van der Waals surface area contributed by atoms with Crippen LogP contribution in [0, 0.1) is 0 Å². The molecule has 1 aliphatic heterocycles. The van der Waals surface area contributed by atoms with Crippen molar-refractivity contribution in [2.24, 2.45) is 5.10 Å². The van der Waals surface area contributed by atoms with Crippen LogP contribution in [-0.2, 0) is 0 Å². The van der Waals surface area contributed by atoms with Crippen LogP contribution in [0.2, 0.25) is 0 Å². The zero-order chi connectivity index (χ0) is 16.4. The van der Waals surface area contributed by atoms with Crippen molar-refractivity contribution in [1.29, 1.82) is 0 Å². The molecular weight excluding hydrogens is 300 g/mol. The minimum absolute atomic E-state index is 0.126. The Morgan fingerprint density at radius 2 is 1.67 bits per heavy atom. The maximum Gasteiger partial charge on any atom is 0.310 e. The SMILES string of the molecule is O=C(c1ccco1)N1N=C(c2ccccc2)C[C@@H]1c1ccccc1. The predicted molar refractivity (Wildman–Crippen MR) is 91.7 cm³/mol. The number of hydrogen-bond acceptors (Lipinski definition) is 3. The molecule has 1 amide bonds. The van der Waals surface area contributed by atoms with Gasteiger partial charge >= 0.3 is 5.91 Å². The van der Waals surface area contributed by atoms with Crippen molar-refractivity contribution in [3.05, 3.63) is 95.9 Å². The molecule has 0 N–H and O–H groups in total. The van der Waals surface area contributed by atoms with E-state index in [1.54, 1.807) is 12.1 Å². The molecule has 4 heteroatoms. The second-order valence-corrected chi connectivity index (χ2v) is 5.67. The molecule has 1 aliphatic rings. The highest BCUT2D eigenvalue weighted by Crippen LogP contribution is 2.33. The number of hydrazone groups is 1. The van der Waals surface area contributed by atoms with Crippen LogP contribution in [0.15, 0.2) is 88.6 Å². The molecule has 2 aromatic carbocycles. The van der Waals surface area contributed by atoms with Crippen molar-refractivity contribution in [3.63, 3.8) is 0 Å². The largest absolute Gasteiger partial charge is 0.459 e. The van der Waals surface area contributed by atoms with Gasteiger partial charge in [-0.25, -0.2) is 5.01 Å². The van der Waals surface area contributed by atoms with Gasteiger partial charge in [-0.05, 0) is 23.3 Å². The van der Waals surface area contributed by atoms with Gasteiger partial charge in [-0.2, -0.15) is 5.10 Å². The first-order valence-corrected chi connectivity index (χ1v) is 7.88. The number of rotatable bonds is 3. The monoisotopic (exact) mass is 316 g/mol. The van der Waals surface area contributed by atoms with Crippen LogP contribution in [0.4, 0.5) is 0 Å². The number of carbonyl (C=O) groups is 1. The molecule has 3 aromatic rings. The van der Waals surface area contributed by atoms with Gasteiger partial charge in [0.2, 0.25) is 0 Å². The van der Waals surface area contributed by atoms with Gasteiger partial charge in [-0.3, -0.25) is 4.79 Å². The molecule has 0 saturated heterocycles. The quantitative estimate of drug-likeness (QED) is 0.724. The second-order valence-electron chi connectivity index (χ2n) is 5.67. The number of hydrogen-bond donors (Lipinski definition) is 0. The van der Waals surface area contributed by atoms with E-state index in [0.717, 1.165) is 16.8 Å². The zero-order valence-corrected chi connectivity index (χ0v) is 13.0. The van der Waals surface area contributed by atoms with Crippen molar-refractivity contribution in [2.75, 3.05) is 0 Å². The summed E-state index contributed by atoms with van der Waals surface area (Å²) in [5, 5.41) is 6.15. The van der Waals surface area contributed by atoms with E-state index in [9.17, 15) is 4.79 Å². The average molecular weight is 316 g/mol. The summed E-state index contributed by atoms with van der Waals surface area (Å²) in [5.74, 6) is 0.0776. The Morgan fingerprint density at radius 3 is 2.33 bits per heavy atom. The van der Waals surface area contributed by atoms with Gasteiger partial charge < -0.3 is 4.42 Å². The third-order valence-corrected chi connectivity index (χ3v) is 4.14. The minimum Gasteiger partial charge on any atom is -0.459 e. The second kappa shape index (κ2) is 6.16. The van der Waals surface area contributed by atoms with E-state index in [2.05, 4.69) is 5.10 Å². The van der Waals surface area contributed by atoms with E-state index >= 15 is 0 Å². The summed E-state index contributed by atoms with van der Waals surface area (Å²) in [7, 11) is 0. The normalized spacial score (nSPS) is 16.9. The van der Waals surface area contributed by atoms with Crippen LogP contribution in [-0.4, -0.2) is 16.6 Å². The van der Waals surface area contributed by atoms with Crippen LogP contribution < -0.4 is 0 Å². The van der Waals surface area contributed by atoms with E-state index in [-0.39, 0.29) is 11.9 Å². The Hall–Kier alpha value is -3.14. The molecule has 0 radical (unpaired) electrons. The first-order chi connectivity index (χ1) is 11.8. The van der Waals surface area contributed by atoms with Crippen molar-refractivity contribution in [2.45, 2.75) is 12.5 Å². The highest BCUT2D eigenvalue weighted by Gasteiger charge is 2.34. The summed E-state index contributed by atoms with van der Waals surface area (Å²) in [6, 6.07) is 23.2. The lowest BCUT2D eigenvalue weighted by Gasteiger charge is -2.21. The topological polar surface area (TPSA) is 45.8 Å². The predicted octanol–water partition coefficient (Wildman–Crippen LogP) is 4.27. The summed E-state index contributed by atoms with van der Waals surface area (Å²) >= 11 is 0. The van der Waals surface area contributed by atoms with Crippen LogP contribution in [0.1, 0.15) is 34.1 Å². The third kappa shape index (κ3) is 2.63. The maximum atomic E-state index is 12.8. The van der Waals surface area contributed by atoms with Gasteiger partial charge in [0.25, 0.3) is 0 Å².